The Balaban J connectivity index is 1.87. The topological polar surface area (TPSA) is 44.0 Å². The molecule has 0 unspecified atom stereocenters. The van der Waals surface area contributed by atoms with Crippen molar-refractivity contribution in [1.29, 1.82) is 0 Å². The van der Waals surface area contributed by atoms with Crippen LogP contribution in [0.15, 0.2) is 0 Å². The van der Waals surface area contributed by atoms with Gasteiger partial charge in [-0.25, -0.2) is 0 Å². The van der Waals surface area contributed by atoms with Crippen molar-refractivity contribution in [3.63, 3.8) is 0 Å². The monoisotopic (exact) mass is 211 g/mol. The number of rotatable bonds is 3. The normalized spacial score (nSPS) is 27.8. The molecule has 2 aliphatic rings. The first kappa shape index (κ1) is 11.4. The zero-order valence-electron chi connectivity index (χ0n) is 9.56. The third-order valence-electron chi connectivity index (χ3n) is 3.99. The molecule has 0 aromatic heterocycles. The molecule has 3 heteroatoms. The van der Waals surface area contributed by atoms with Gasteiger partial charge < -0.3 is 0 Å². The molecule has 2 fully saturated rings. The van der Waals surface area contributed by atoms with Gasteiger partial charge in [-0.2, -0.15) is 0 Å². The molecular weight excluding hydrogens is 188 g/mol. The Hall–Kier alpha value is -0.120. The molecule has 2 aliphatic carbocycles. The lowest BCUT2D eigenvalue weighted by Gasteiger charge is -2.40. The van der Waals surface area contributed by atoms with Crippen LogP contribution in [0.1, 0.15) is 64.2 Å². The van der Waals surface area contributed by atoms with E-state index >= 15 is 0 Å². The van der Waals surface area contributed by atoms with E-state index in [1.165, 1.54) is 51.4 Å². The Bertz CT molecular complexity index is 184. The first-order valence-corrected chi connectivity index (χ1v) is 6.52. The third kappa shape index (κ3) is 2.92. The molecule has 0 spiro atoms. The van der Waals surface area contributed by atoms with Crippen LogP contribution in [-0.4, -0.2) is 11.7 Å². The fourth-order valence-corrected chi connectivity index (χ4v) is 3.07. The van der Waals surface area contributed by atoms with Crippen LogP contribution in [0.4, 0.5) is 0 Å². The highest BCUT2D eigenvalue weighted by molar-refractivity contribution is 4.89. The largest absolute Gasteiger partial charge is 0.295 e. The van der Waals surface area contributed by atoms with Gasteiger partial charge in [0.1, 0.15) is 0 Å². The summed E-state index contributed by atoms with van der Waals surface area (Å²) in [6.45, 7) is 0. The Kier molecular flexibility index (Phi) is 4.00. The predicted octanol–water partition coefficient (Wildman–Crippen LogP) is 2.50. The van der Waals surface area contributed by atoms with E-state index in [2.05, 4.69) is 10.8 Å². The van der Waals surface area contributed by atoms with Crippen LogP contribution in [0.25, 0.3) is 0 Å². The zero-order valence-corrected chi connectivity index (χ0v) is 9.56. The fourth-order valence-electron chi connectivity index (χ4n) is 3.07. The zero-order chi connectivity index (χ0) is 10.6. The van der Waals surface area contributed by atoms with Crippen LogP contribution in [0.5, 0.6) is 0 Å². The Morgan fingerprint density at radius 3 is 2.07 bits per heavy atom. The van der Waals surface area contributed by atoms with E-state index in [0.717, 1.165) is 12.8 Å². The van der Waals surface area contributed by atoms with Gasteiger partial charge in [-0.15, -0.1) is 10.7 Å². The van der Waals surface area contributed by atoms with Crippen molar-refractivity contribution in [3.05, 3.63) is 0 Å². The minimum absolute atomic E-state index is 0.278. The van der Waals surface area contributed by atoms with Gasteiger partial charge >= 0.3 is 0 Å². The highest BCUT2D eigenvalue weighted by Gasteiger charge is 2.34. The molecule has 87 valence electrons. The molecular formula is C12H23N2O. The molecule has 0 aliphatic heterocycles. The van der Waals surface area contributed by atoms with Gasteiger partial charge in [-0.05, 0) is 25.7 Å². The average molecular weight is 211 g/mol. The van der Waals surface area contributed by atoms with E-state index < -0.39 is 0 Å². The molecule has 0 saturated heterocycles. The molecule has 0 heterocycles. The highest BCUT2D eigenvalue weighted by Crippen LogP contribution is 2.28. The van der Waals surface area contributed by atoms with Crippen molar-refractivity contribution in [2.45, 2.75) is 75.9 Å². The van der Waals surface area contributed by atoms with E-state index in [0.29, 0.717) is 6.04 Å². The van der Waals surface area contributed by atoms with Crippen LogP contribution >= 0.6 is 0 Å². The predicted molar refractivity (Wildman–Crippen MR) is 59.6 cm³/mol. The maximum absolute atomic E-state index is 11.2. The van der Waals surface area contributed by atoms with Crippen LogP contribution in [0.2, 0.25) is 0 Å². The number of hydrogen-bond donors (Lipinski definition) is 2. The van der Waals surface area contributed by atoms with Crippen LogP contribution in [-0.2, 0) is 5.21 Å². The molecule has 0 amide bonds. The number of hydrogen-bond acceptors (Lipinski definition) is 2. The summed E-state index contributed by atoms with van der Waals surface area (Å²) in [5, 5.41) is 14.8. The van der Waals surface area contributed by atoms with E-state index in [1.807, 2.05) is 0 Å². The van der Waals surface area contributed by atoms with Crippen molar-refractivity contribution in [1.82, 2.24) is 10.8 Å². The maximum Gasteiger partial charge on any atom is 0.0955 e. The molecule has 0 aromatic rings. The van der Waals surface area contributed by atoms with E-state index in [9.17, 15) is 5.21 Å². The maximum atomic E-state index is 11.2. The van der Waals surface area contributed by atoms with Crippen LogP contribution < -0.4 is 10.8 Å². The van der Waals surface area contributed by atoms with E-state index in [4.69, 9.17) is 0 Å². The third-order valence-corrected chi connectivity index (χ3v) is 3.99. The lowest BCUT2D eigenvalue weighted by atomic mass is 9.86. The SMILES string of the molecule is [O]NC1(NC2CCCCC2)CCCCC1. The summed E-state index contributed by atoms with van der Waals surface area (Å²) in [4.78, 5) is 0. The van der Waals surface area contributed by atoms with Gasteiger partial charge in [0.2, 0.25) is 0 Å². The molecule has 2 N–H and O–H groups in total. The molecule has 1 radical (unpaired) electrons. The minimum Gasteiger partial charge on any atom is -0.295 e. The summed E-state index contributed by atoms with van der Waals surface area (Å²) in [6.07, 6.45) is 12.2. The Labute approximate surface area is 92.6 Å². The van der Waals surface area contributed by atoms with Gasteiger partial charge in [-0.3, -0.25) is 5.32 Å². The second-order valence-corrected chi connectivity index (χ2v) is 5.22. The second-order valence-electron chi connectivity index (χ2n) is 5.22. The van der Waals surface area contributed by atoms with Crippen molar-refractivity contribution in [2.24, 2.45) is 0 Å². The van der Waals surface area contributed by atoms with Crippen molar-refractivity contribution in [3.8, 4) is 0 Å². The number of nitrogens with one attached hydrogen (secondary N) is 2. The van der Waals surface area contributed by atoms with Gasteiger partial charge in [0.05, 0.1) is 5.66 Å². The second kappa shape index (κ2) is 5.28. The van der Waals surface area contributed by atoms with E-state index in [1.54, 1.807) is 0 Å². The van der Waals surface area contributed by atoms with Crippen LogP contribution in [0.3, 0.4) is 0 Å². The molecule has 3 nitrogen and oxygen atoms in total. The van der Waals surface area contributed by atoms with Crippen molar-refractivity contribution < 1.29 is 5.21 Å². The van der Waals surface area contributed by atoms with Crippen molar-refractivity contribution in [2.75, 3.05) is 0 Å². The average Bonchev–Trinajstić information content (AvgIpc) is 2.32. The summed E-state index contributed by atoms with van der Waals surface area (Å²) in [5.41, 5.74) is 2.03. The molecule has 0 aromatic carbocycles. The summed E-state index contributed by atoms with van der Waals surface area (Å²) in [5.74, 6) is 0. The summed E-state index contributed by atoms with van der Waals surface area (Å²) in [7, 11) is 0. The summed E-state index contributed by atoms with van der Waals surface area (Å²) < 4.78 is 0. The molecule has 2 saturated carbocycles. The van der Waals surface area contributed by atoms with Crippen LogP contribution in [0, 0.1) is 0 Å². The lowest BCUT2D eigenvalue weighted by Crippen LogP contribution is -2.59. The fraction of sp³-hybridized carbons (Fsp3) is 1.00. The lowest BCUT2D eigenvalue weighted by molar-refractivity contribution is -0.0465. The van der Waals surface area contributed by atoms with Gasteiger partial charge in [0.15, 0.2) is 0 Å². The Morgan fingerprint density at radius 2 is 1.47 bits per heavy atom. The van der Waals surface area contributed by atoms with E-state index in [-0.39, 0.29) is 5.66 Å². The smallest absolute Gasteiger partial charge is 0.0955 e. The van der Waals surface area contributed by atoms with Crippen molar-refractivity contribution >= 4 is 0 Å². The molecule has 2 rings (SSSR count). The summed E-state index contributed by atoms with van der Waals surface area (Å²) in [6, 6.07) is 0.582. The quantitative estimate of drug-likeness (QED) is 0.556. The van der Waals surface area contributed by atoms with Gasteiger partial charge in [0, 0.05) is 6.04 Å². The minimum atomic E-state index is -0.278. The molecule has 0 atom stereocenters. The summed E-state index contributed by atoms with van der Waals surface area (Å²) >= 11 is 0. The van der Waals surface area contributed by atoms with Gasteiger partial charge in [-0.1, -0.05) is 38.5 Å². The Morgan fingerprint density at radius 1 is 0.867 bits per heavy atom. The molecule has 15 heavy (non-hydrogen) atoms. The number of hydroxylamine groups is 1. The standard InChI is InChI=1S/C12H23N2O/c15-14-12(9-5-2-6-10-12)13-11-7-3-1-4-8-11/h11,13-14H,1-10H2. The first-order valence-electron chi connectivity index (χ1n) is 6.52. The first-order chi connectivity index (χ1) is 7.35. The highest BCUT2D eigenvalue weighted by atomic mass is 16.5. The molecule has 0 bridgehead atoms. The van der Waals surface area contributed by atoms with Gasteiger partial charge in [0.25, 0.3) is 0 Å².